The number of aliphatic hydroxyl groups is 3. The third-order valence-electron chi connectivity index (χ3n) is 8.98. The van der Waals surface area contributed by atoms with Gasteiger partial charge in [0.2, 0.25) is 5.91 Å². The highest BCUT2D eigenvalue weighted by molar-refractivity contribution is 8.07. The molecule has 2 heterocycles. The molecule has 2 fully saturated rings. The highest BCUT2D eigenvalue weighted by atomic mass is 32.5. The van der Waals surface area contributed by atoms with E-state index in [1.807, 2.05) is 30.3 Å². The van der Waals surface area contributed by atoms with Gasteiger partial charge in [-0.05, 0) is 43.1 Å². The van der Waals surface area contributed by atoms with E-state index in [9.17, 15) is 34.6 Å². The number of carbonyl (C=O) groups is 3. The van der Waals surface area contributed by atoms with Crippen LogP contribution in [0.2, 0.25) is 0 Å². The smallest absolute Gasteiger partial charge is 0.431 e. The van der Waals surface area contributed by atoms with Crippen LogP contribution in [0.3, 0.4) is 0 Å². The molecule has 20 heteroatoms. The summed E-state index contributed by atoms with van der Waals surface area (Å²) in [6.07, 6.45) is -1.28. The summed E-state index contributed by atoms with van der Waals surface area (Å²) in [5.74, 6) is -0.764. The summed E-state index contributed by atoms with van der Waals surface area (Å²) in [7, 11) is 7.54. The summed E-state index contributed by atoms with van der Waals surface area (Å²) >= 11 is 5.08. The molecule has 2 saturated heterocycles. The fourth-order valence-electron chi connectivity index (χ4n) is 6.10. The van der Waals surface area contributed by atoms with Crippen molar-refractivity contribution in [3.8, 4) is 0 Å². The van der Waals surface area contributed by atoms with Crippen LogP contribution in [0.5, 0.6) is 0 Å². The Balaban J connectivity index is 1.26. The van der Waals surface area contributed by atoms with Gasteiger partial charge in [0.1, 0.15) is 57.6 Å². The molecule has 0 aromatic heterocycles. The Morgan fingerprint density at radius 1 is 0.926 bits per heavy atom. The number of unbranched alkanes of at least 4 members (excludes halogenated alkanes) is 5. The summed E-state index contributed by atoms with van der Waals surface area (Å²) in [5.41, 5.74) is 0.807. The van der Waals surface area contributed by atoms with Crippen LogP contribution >= 0.6 is 6.72 Å². The number of benzene rings is 1. The number of carbonyl (C=O) groups excluding carboxylic acids is 3. The predicted molar refractivity (Wildman–Crippen MR) is 199 cm³/mol. The lowest BCUT2D eigenvalue weighted by Gasteiger charge is -2.42. The van der Waals surface area contributed by atoms with Crippen molar-refractivity contribution in [2.24, 2.45) is 5.92 Å². The van der Waals surface area contributed by atoms with Gasteiger partial charge in [-0.15, -0.1) is 0 Å². The molecule has 0 spiro atoms. The molecule has 304 valence electrons. The Hall–Kier alpha value is -2.42. The summed E-state index contributed by atoms with van der Waals surface area (Å²) in [6, 6.07) is 7.14. The van der Waals surface area contributed by atoms with Gasteiger partial charge in [-0.25, -0.2) is 9.59 Å². The van der Waals surface area contributed by atoms with E-state index in [-0.39, 0.29) is 31.8 Å². The normalized spacial score (nSPS) is 27.8. The fraction of sp³-hybridized carbons (Fsp3) is 0.735. The van der Waals surface area contributed by atoms with Crippen molar-refractivity contribution in [3.05, 3.63) is 35.9 Å². The van der Waals surface area contributed by atoms with Crippen molar-refractivity contribution in [2.75, 3.05) is 40.0 Å². The van der Waals surface area contributed by atoms with Gasteiger partial charge in [-0.3, -0.25) is 4.79 Å². The number of urea groups is 1. The number of hydrogen-bond acceptors (Lipinski definition) is 14. The minimum atomic E-state index is -3.58. The molecule has 2 aliphatic rings. The predicted octanol–water partition coefficient (Wildman–Crippen LogP) is 1.48. The Morgan fingerprint density at radius 2 is 1.59 bits per heavy atom. The van der Waals surface area contributed by atoms with E-state index in [1.54, 1.807) is 0 Å². The molecule has 2 unspecified atom stereocenters. The summed E-state index contributed by atoms with van der Waals surface area (Å²) < 4.78 is 38.2. The zero-order chi connectivity index (χ0) is 39.5. The van der Waals surface area contributed by atoms with Crippen LogP contribution in [-0.4, -0.2) is 135 Å². The maximum Gasteiger partial charge on any atom is 0.508 e. The highest BCUT2D eigenvalue weighted by Gasteiger charge is 2.46. The number of hydrogen-bond donors (Lipinski definition) is 7. The lowest BCUT2D eigenvalue weighted by Crippen LogP contribution is -2.64. The van der Waals surface area contributed by atoms with Crippen molar-refractivity contribution in [3.63, 3.8) is 0 Å². The van der Waals surface area contributed by atoms with Crippen LogP contribution in [-0.2, 0) is 55.9 Å². The molecular formula is C34H55BN3O14PS. The maximum atomic E-state index is 12.2. The lowest BCUT2D eigenvalue weighted by molar-refractivity contribution is -0.270. The molecule has 0 saturated carbocycles. The van der Waals surface area contributed by atoms with Crippen LogP contribution < -0.4 is 16.0 Å². The van der Waals surface area contributed by atoms with Crippen molar-refractivity contribution in [2.45, 2.75) is 114 Å². The van der Waals surface area contributed by atoms with E-state index in [1.165, 1.54) is 14.0 Å². The Morgan fingerprint density at radius 3 is 2.26 bits per heavy atom. The quantitative estimate of drug-likeness (QED) is 0.0360. The maximum absolute atomic E-state index is 12.2. The van der Waals surface area contributed by atoms with Crippen molar-refractivity contribution in [1.29, 1.82) is 0 Å². The molecule has 7 N–H and O–H groups in total. The first-order chi connectivity index (χ1) is 25.8. The van der Waals surface area contributed by atoms with E-state index < -0.39 is 74.2 Å². The molecule has 3 rings (SSSR count). The van der Waals surface area contributed by atoms with E-state index >= 15 is 0 Å². The minimum Gasteiger partial charge on any atom is -0.431 e. The molecule has 1 aromatic rings. The first-order valence-electron chi connectivity index (χ1n) is 18.2. The zero-order valence-electron chi connectivity index (χ0n) is 30.8. The average molecular weight is 804 g/mol. The second-order valence-electron chi connectivity index (χ2n) is 13.1. The monoisotopic (exact) mass is 803 g/mol. The van der Waals surface area contributed by atoms with Gasteiger partial charge in [0.05, 0.1) is 6.61 Å². The first kappa shape index (κ1) is 46.0. The van der Waals surface area contributed by atoms with E-state index in [4.69, 9.17) is 52.4 Å². The fourth-order valence-corrected chi connectivity index (χ4v) is 7.08. The van der Waals surface area contributed by atoms with Gasteiger partial charge in [-0.2, -0.15) is 0 Å². The third kappa shape index (κ3) is 16.0. The molecule has 2 aliphatic heterocycles. The van der Waals surface area contributed by atoms with E-state index in [0.29, 0.717) is 32.4 Å². The summed E-state index contributed by atoms with van der Waals surface area (Å²) in [4.78, 5) is 46.3. The topological polar surface area (TPSA) is 233 Å². The van der Waals surface area contributed by atoms with Crippen LogP contribution in [0.1, 0.15) is 63.9 Å². The Labute approximate surface area is 322 Å². The van der Waals surface area contributed by atoms with Crippen LogP contribution in [0.25, 0.3) is 0 Å². The van der Waals surface area contributed by atoms with Crippen molar-refractivity contribution in [1.82, 2.24) is 16.0 Å². The van der Waals surface area contributed by atoms with Crippen LogP contribution in [0, 0.1) is 5.92 Å². The van der Waals surface area contributed by atoms with Gasteiger partial charge in [0.15, 0.2) is 6.29 Å². The first-order valence-corrected chi connectivity index (χ1v) is 20.8. The number of nitrogens with one attached hydrogen (secondary N) is 3. The van der Waals surface area contributed by atoms with Crippen LogP contribution in [0.15, 0.2) is 30.3 Å². The molecule has 1 aromatic carbocycles. The number of aliphatic hydroxyl groups excluding tert-OH is 3. The van der Waals surface area contributed by atoms with Crippen LogP contribution in [0.4, 0.5) is 9.59 Å². The molecule has 2 radical (unpaired) electrons. The molecule has 54 heavy (non-hydrogen) atoms. The Bertz CT molecular complexity index is 1330. The number of rotatable bonds is 23. The molecule has 0 aliphatic carbocycles. The minimum absolute atomic E-state index is 0.0483. The number of amides is 3. The highest BCUT2D eigenvalue weighted by Crippen LogP contribution is 2.48. The standard InChI is InChI=1S/C34H55BN3O14PS/c1-22(40)38-27-29(42)28(41)25(19-39)51-32(27)47-18-12-11-17-37-33(43)36-16-10-5-3-4-9-15-24-30(52-53(45,54)46-2)26(50-31(24)35)21-49-34(44)48-20-23-13-7-6-8-14-23/h6-8,13-14,24-32,39,41-42H,3-5,9-12,15-21H2,1-2H3,(H,38,40)(H,45,54)(H2,36,37,43)/t24-,25+,26+,27+,28-,29+,30?,31+,32+,53?/m0/s1. The van der Waals surface area contributed by atoms with Gasteiger partial charge in [0.25, 0.3) is 0 Å². The summed E-state index contributed by atoms with van der Waals surface area (Å²) in [6.45, 7) is -1.90. The van der Waals surface area contributed by atoms with Gasteiger partial charge in [0, 0.05) is 45.7 Å². The van der Waals surface area contributed by atoms with Gasteiger partial charge >= 0.3 is 18.9 Å². The van der Waals surface area contributed by atoms with Gasteiger partial charge < -0.3 is 68.9 Å². The van der Waals surface area contributed by atoms with E-state index in [2.05, 4.69) is 16.0 Å². The second kappa shape index (κ2) is 24.3. The van der Waals surface area contributed by atoms with E-state index in [0.717, 1.165) is 37.7 Å². The van der Waals surface area contributed by atoms with Gasteiger partial charge in [-0.1, -0.05) is 56.0 Å². The molecule has 17 nitrogen and oxygen atoms in total. The third-order valence-corrected chi connectivity index (χ3v) is 10.7. The average Bonchev–Trinajstić information content (AvgIpc) is 3.43. The molecule has 10 atom stereocenters. The van der Waals surface area contributed by atoms with Crippen molar-refractivity contribution < 1.29 is 67.3 Å². The largest absolute Gasteiger partial charge is 0.508 e. The Kier molecular flexibility index (Phi) is 20.7. The zero-order valence-corrected chi connectivity index (χ0v) is 32.5. The SMILES string of the molecule is [B][C@@H]1O[C@H](COC(=O)OCc2ccccc2)C(OP(O)(=S)OC)[C@@H]1CCCCCCCNC(=O)NCCCCO[C@@H]1O[C@H](CO)[C@H](O)[C@H](O)[C@H]1NC(C)=O. The van der Waals surface area contributed by atoms with Crippen molar-refractivity contribution >= 4 is 44.5 Å². The number of ether oxygens (including phenoxy) is 5. The molecule has 0 bridgehead atoms. The lowest BCUT2D eigenvalue weighted by atomic mass is 9.81. The molecule has 3 amide bonds. The second-order valence-corrected chi connectivity index (χ2v) is 16.0. The molecular weight excluding hydrogens is 748 g/mol. The summed E-state index contributed by atoms with van der Waals surface area (Å²) in [5, 5.41) is 38.0.